The molecule has 4 unspecified atom stereocenters. The van der Waals surface area contributed by atoms with E-state index in [2.05, 4.69) is 15.2 Å². The van der Waals surface area contributed by atoms with Gasteiger partial charge in [-0.3, -0.25) is 4.99 Å². The maximum Gasteiger partial charge on any atom is 0.193 e. The van der Waals surface area contributed by atoms with Crippen LogP contribution in [0.15, 0.2) is 23.2 Å². The van der Waals surface area contributed by atoms with Gasteiger partial charge in [0.1, 0.15) is 5.82 Å². The summed E-state index contributed by atoms with van der Waals surface area (Å²) in [4.78, 5) is 6.73. The lowest BCUT2D eigenvalue weighted by molar-refractivity contribution is 0.0767. The van der Waals surface area contributed by atoms with Gasteiger partial charge in [0.2, 0.25) is 0 Å². The van der Waals surface area contributed by atoms with Gasteiger partial charge >= 0.3 is 0 Å². The summed E-state index contributed by atoms with van der Waals surface area (Å²) in [5.74, 6) is 1.81. The third kappa shape index (κ3) is 3.24. The van der Waals surface area contributed by atoms with Crippen molar-refractivity contribution in [2.45, 2.75) is 31.6 Å². The molecule has 1 aromatic carbocycles. The molecule has 3 fully saturated rings. The van der Waals surface area contributed by atoms with Crippen LogP contribution in [-0.4, -0.2) is 43.2 Å². The number of guanidine groups is 1. The fourth-order valence-electron chi connectivity index (χ4n) is 4.30. The average Bonchev–Trinajstić information content (AvgIpc) is 3.23. The van der Waals surface area contributed by atoms with E-state index in [0.29, 0.717) is 30.6 Å². The van der Waals surface area contributed by atoms with Gasteiger partial charge in [-0.25, -0.2) is 4.39 Å². The van der Waals surface area contributed by atoms with Crippen molar-refractivity contribution in [3.8, 4) is 0 Å². The first-order valence-electron chi connectivity index (χ1n) is 8.20. The van der Waals surface area contributed by atoms with Crippen LogP contribution in [0.4, 0.5) is 4.39 Å². The van der Waals surface area contributed by atoms with E-state index in [1.807, 2.05) is 0 Å². The molecule has 7 heteroatoms. The Balaban J connectivity index is 0.00000169. The quantitative estimate of drug-likeness (QED) is 0.414. The van der Waals surface area contributed by atoms with Crippen LogP contribution in [0.3, 0.4) is 0 Å². The molecule has 0 aromatic heterocycles. The minimum Gasteiger partial charge on any atom is -0.374 e. The molecular weight excluding hydrogens is 444 g/mol. The molecule has 3 saturated heterocycles. The van der Waals surface area contributed by atoms with Crippen molar-refractivity contribution in [3.63, 3.8) is 0 Å². The fraction of sp³-hybridized carbons (Fsp3) is 0.588. The van der Waals surface area contributed by atoms with Crippen LogP contribution in [0.25, 0.3) is 0 Å². The largest absolute Gasteiger partial charge is 0.374 e. The van der Waals surface area contributed by atoms with Gasteiger partial charge < -0.3 is 15.0 Å². The van der Waals surface area contributed by atoms with Crippen LogP contribution in [0, 0.1) is 17.7 Å². The average molecular weight is 466 g/mol. The maximum absolute atomic E-state index is 13.2. The van der Waals surface area contributed by atoms with Gasteiger partial charge in [0.05, 0.1) is 17.2 Å². The number of hydrogen-bond acceptors (Lipinski definition) is 2. The zero-order valence-electron chi connectivity index (χ0n) is 13.5. The summed E-state index contributed by atoms with van der Waals surface area (Å²) in [6.07, 6.45) is 3.31. The van der Waals surface area contributed by atoms with E-state index in [1.165, 1.54) is 18.9 Å². The third-order valence-electron chi connectivity index (χ3n) is 5.40. The molecule has 3 heterocycles. The summed E-state index contributed by atoms with van der Waals surface area (Å²) >= 11 is 5.84. The number of nitrogens with zero attached hydrogens (tertiary/aromatic N) is 2. The molecule has 4 nitrogen and oxygen atoms in total. The van der Waals surface area contributed by atoms with E-state index in [0.717, 1.165) is 24.6 Å². The zero-order chi connectivity index (χ0) is 16.0. The number of aliphatic imine (C=N–C) groups is 1. The number of halogens is 3. The molecule has 3 aliphatic rings. The summed E-state index contributed by atoms with van der Waals surface area (Å²) in [6, 6.07) is 4.80. The Morgan fingerprint density at radius 2 is 2.00 bits per heavy atom. The lowest BCUT2D eigenvalue weighted by atomic mass is 9.82. The Bertz CT molecular complexity index is 626. The highest BCUT2D eigenvalue weighted by atomic mass is 127. The molecule has 2 bridgehead atoms. The maximum atomic E-state index is 13.2. The molecule has 1 N–H and O–H groups in total. The van der Waals surface area contributed by atoms with E-state index in [9.17, 15) is 4.39 Å². The van der Waals surface area contributed by atoms with Crippen LogP contribution in [-0.2, 0) is 11.3 Å². The Labute approximate surface area is 163 Å². The Morgan fingerprint density at radius 1 is 1.33 bits per heavy atom. The Kier molecular flexibility index (Phi) is 5.56. The number of benzene rings is 1. The van der Waals surface area contributed by atoms with Crippen LogP contribution >= 0.6 is 35.6 Å². The standard InChI is InChI=1S/C17H21ClFN3O.HI/c1-20-17(21-7-10-2-3-14(19)13(18)6-10)22-8-11-12(9-22)16-5-4-15(11)23-16;/h2-3,6,11-12,15-16H,4-5,7-9H2,1H3,(H,20,21);1H. The summed E-state index contributed by atoms with van der Waals surface area (Å²) in [5, 5.41) is 3.52. The van der Waals surface area contributed by atoms with Crippen molar-refractivity contribution >= 4 is 41.5 Å². The topological polar surface area (TPSA) is 36.9 Å². The second-order valence-electron chi connectivity index (χ2n) is 6.67. The number of fused-ring (bicyclic) bond motifs is 5. The molecule has 24 heavy (non-hydrogen) atoms. The molecule has 132 valence electrons. The SMILES string of the molecule is CN=C(NCc1ccc(F)c(Cl)c1)N1CC2C3CCC(O3)C2C1.I. The summed E-state index contributed by atoms with van der Waals surface area (Å²) < 4.78 is 19.2. The number of likely N-dealkylation sites (tertiary alicyclic amines) is 1. The highest BCUT2D eigenvalue weighted by Crippen LogP contribution is 2.47. The molecule has 4 rings (SSSR count). The van der Waals surface area contributed by atoms with Crippen molar-refractivity contribution in [3.05, 3.63) is 34.6 Å². The van der Waals surface area contributed by atoms with Gasteiger partial charge in [-0.05, 0) is 30.5 Å². The fourth-order valence-corrected chi connectivity index (χ4v) is 4.50. The molecule has 1 aromatic rings. The molecule has 4 atom stereocenters. The highest BCUT2D eigenvalue weighted by molar-refractivity contribution is 14.0. The Hall–Kier alpha value is -0.600. The normalized spacial score (nSPS) is 31.1. The first kappa shape index (κ1) is 18.2. The predicted molar refractivity (Wildman–Crippen MR) is 103 cm³/mol. The molecule has 0 spiro atoms. The molecule has 0 radical (unpaired) electrons. The molecular formula is C17H22ClFIN3O. The van der Waals surface area contributed by atoms with Gasteiger partial charge in [0.25, 0.3) is 0 Å². The van der Waals surface area contributed by atoms with Crippen LogP contribution in [0.5, 0.6) is 0 Å². The number of nitrogens with one attached hydrogen (secondary N) is 1. The number of ether oxygens (including phenoxy) is 1. The monoisotopic (exact) mass is 465 g/mol. The minimum atomic E-state index is -0.386. The lowest BCUT2D eigenvalue weighted by Crippen LogP contribution is -2.41. The van der Waals surface area contributed by atoms with E-state index in [1.54, 1.807) is 19.2 Å². The first-order chi connectivity index (χ1) is 11.2. The highest BCUT2D eigenvalue weighted by Gasteiger charge is 2.53. The van der Waals surface area contributed by atoms with Crippen LogP contribution < -0.4 is 5.32 Å². The number of hydrogen-bond donors (Lipinski definition) is 1. The summed E-state index contributed by atoms with van der Waals surface area (Å²) in [5.41, 5.74) is 0.945. The second-order valence-corrected chi connectivity index (χ2v) is 7.08. The van der Waals surface area contributed by atoms with Crippen molar-refractivity contribution < 1.29 is 9.13 Å². The molecule has 0 saturated carbocycles. The van der Waals surface area contributed by atoms with Crippen molar-refractivity contribution in [2.75, 3.05) is 20.1 Å². The third-order valence-corrected chi connectivity index (χ3v) is 5.69. The lowest BCUT2D eigenvalue weighted by Gasteiger charge is -2.23. The van der Waals surface area contributed by atoms with Gasteiger partial charge in [0.15, 0.2) is 5.96 Å². The van der Waals surface area contributed by atoms with Crippen molar-refractivity contribution in [1.29, 1.82) is 0 Å². The van der Waals surface area contributed by atoms with E-state index >= 15 is 0 Å². The zero-order valence-corrected chi connectivity index (χ0v) is 16.6. The second kappa shape index (κ2) is 7.33. The predicted octanol–water partition coefficient (Wildman–Crippen LogP) is 3.28. The van der Waals surface area contributed by atoms with Crippen molar-refractivity contribution in [1.82, 2.24) is 10.2 Å². The molecule has 3 aliphatic heterocycles. The van der Waals surface area contributed by atoms with Crippen LogP contribution in [0.2, 0.25) is 5.02 Å². The van der Waals surface area contributed by atoms with Gasteiger partial charge in [-0.2, -0.15) is 0 Å². The number of rotatable bonds is 2. The van der Waals surface area contributed by atoms with Gasteiger partial charge in [-0.15, -0.1) is 24.0 Å². The van der Waals surface area contributed by atoms with Crippen LogP contribution in [0.1, 0.15) is 18.4 Å². The van der Waals surface area contributed by atoms with E-state index < -0.39 is 0 Å². The smallest absolute Gasteiger partial charge is 0.193 e. The molecule has 0 amide bonds. The van der Waals surface area contributed by atoms with Gasteiger partial charge in [0, 0.05) is 38.5 Å². The van der Waals surface area contributed by atoms with Gasteiger partial charge in [-0.1, -0.05) is 17.7 Å². The summed E-state index contributed by atoms with van der Waals surface area (Å²) in [7, 11) is 1.80. The van der Waals surface area contributed by atoms with Crippen molar-refractivity contribution in [2.24, 2.45) is 16.8 Å². The molecule has 0 aliphatic carbocycles. The summed E-state index contributed by atoms with van der Waals surface area (Å²) in [6.45, 7) is 2.60. The Morgan fingerprint density at radius 3 is 2.58 bits per heavy atom. The minimum absolute atomic E-state index is 0. The van der Waals surface area contributed by atoms with E-state index in [4.69, 9.17) is 16.3 Å². The first-order valence-corrected chi connectivity index (χ1v) is 8.58. The van der Waals surface area contributed by atoms with E-state index in [-0.39, 0.29) is 34.8 Å².